The number of nitrogens with zero attached hydrogens (tertiary/aromatic N) is 4. The number of aryl methyl sites for hydroxylation is 1. The molecule has 1 atom stereocenters. The van der Waals surface area contributed by atoms with Gasteiger partial charge in [0.05, 0.1) is 49.3 Å². The lowest BCUT2D eigenvalue weighted by atomic mass is 9.79. The molecule has 2 heterocycles. The van der Waals surface area contributed by atoms with Gasteiger partial charge in [0, 0.05) is 12.0 Å². The maximum atomic E-state index is 12.9. The molecule has 4 rings (SSSR count). The number of hydrogen-bond donors (Lipinski definition) is 1. The van der Waals surface area contributed by atoms with Crippen molar-refractivity contribution in [3.05, 3.63) is 53.1 Å². The molecule has 0 saturated carbocycles. The number of ether oxygens (including phenoxy) is 2. The van der Waals surface area contributed by atoms with E-state index in [1.165, 1.54) is 0 Å². The van der Waals surface area contributed by atoms with Crippen molar-refractivity contribution < 1.29 is 14.3 Å². The fourth-order valence-electron chi connectivity index (χ4n) is 3.83. The Kier molecular flexibility index (Phi) is 4.84. The summed E-state index contributed by atoms with van der Waals surface area (Å²) in [7, 11) is 3.16. The minimum absolute atomic E-state index is 0.0132. The van der Waals surface area contributed by atoms with Crippen molar-refractivity contribution in [3.63, 3.8) is 0 Å². The summed E-state index contributed by atoms with van der Waals surface area (Å²) in [6.07, 6.45) is 4.15. The third kappa shape index (κ3) is 3.49. The van der Waals surface area contributed by atoms with Crippen molar-refractivity contribution in [3.8, 4) is 22.9 Å². The van der Waals surface area contributed by atoms with Gasteiger partial charge in [-0.25, -0.2) is 15.0 Å². The summed E-state index contributed by atoms with van der Waals surface area (Å²) in [5, 5.41) is 0. The molecule has 0 fully saturated rings. The van der Waals surface area contributed by atoms with Gasteiger partial charge < -0.3 is 15.2 Å². The summed E-state index contributed by atoms with van der Waals surface area (Å²) >= 11 is 0. The molecule has 148 valence electrons. The second-order valence-corrected chi connectivity index (χ2v) is 6.92. The van der Waals surface area contributed by atoms with Crippen LogP contribution in [0.5, 0.6) is 11.6 Å². The Labute approximate surface area is 168 Å². The van der Waals surface area contributed by atoms with E-state index >= 15 is 0 Å². The van der Waals surface area contributed by atoms with E-state index in [4.69, 9.17) is 15.2 Å². The number of carbonyl (C=O) groups excluding carboxylic acids is 1. The Balaban J connectivity index is 1.82. The molecule has 0 saturated heterocycles. The third-order valence-electron chi connectivity index (χ3n) is 5.13. The minimum Gasteiger partial charge on any atom is -0.497 e. The summed E-state index contributed by atoms with van der Waals surface area (Å²) in [4.78, 5) is 30.1. The van der Waals surface area contributed by atoms with Gasteiger partial charge in [0.2, 0.25) is 11.8 Å². The average molecular weight is 391 g/mol. The summed E-state index contributed by atoms with van der Waals surface area (Å²) in [6, 6.07) is 5.73. The normalized spacial score (nSPS) is 15.7. The molecule has 0 radical (unpaired) electrons. The number of anilines is 1. The number of aromatic nitrogens is 4. The van der Waals surface area contributed by atoms with Gasteiger partial charge in [-0.1, -0.05) is 0 Å². The lowest BCUT2D eigenvalue weighted by Gasteiger charge is -2.26. The number of nitrogen functional groups attached to an aromatic ring is 1. The molecule has 2 N–H and O–H groups in total. The molecular formula is C21H21N5O3. The number of nitrogens with two attached hydrogens (primary N) is 1. The van der Waals surface area contributed by atoms with E-state index in [1.807, 2.05) is 18.2 Å². The van der Waals surface area contributed by atoms with Crippen molar-refractivity contribution in [1.29, 1.82) is 0 Å². The molecule has 0 amide bonds. The summed E-state index contributed by atoms with van der Waals surface area (Å²) in [6.45, 7) is 1.79. The fraction of sp³-hybridized carbons (Fsp3) is 0.286. The van der Waals surface area contributed by atoms with Gasteiger partial charge in [0.1, 0.15) is 5.75 Å². The lowest BCUT2D eigenvalue weighted by molar-refractivity contribution is 0.0962. The van der Waals surface area contributed by atoms with Gasteiger partial charge in [-0.3, -0.25) is 9.78 Å². The molecule has 0 aliphatic heterocycles. The van der Waals surface area contributed by atoms with Crippen LogP contribution in [0.15, 0.2) is 30.6 Å². The number of Topliss-reactive ketones (excluding diaryl/α,β-unsaturated/α-hetero) is 1. The molecule has 2 aromatic heterocycles. The second-order valence-electron chi connectivity index (χ2n) is 6.92. The SMILES string of the molecule is COc1ccc(-c2cncc(OC)n2)c(C2CC(=O)c3c(C)nc(N)nc3C2)c1. The van der Waals surface area contributed by atoms with Crippen LogP contribution in [-0.4, -0.2) is 39.9 Å². The highest BCUT2D eigenvalue weighted by atomic mass is 16.5. The van der Waals surface area contributed by atoms with Gasteiger partial charge in [0.15, 0.2) is 5.78 Å². The number of rotatable bonds is 4. The van der Waals surface area contributed by atoms with Crippen molar-refractivity contribution in [1.82, 2.24) is 19.9 Å². The van der Waals surface area contributed by atoms with E-state index in [0.717, 1.165) is 11.1 Å². The smallest absolute Gasteiger partial charge is 0.232 e. The first-order chi connectivity index (χ1) is 14.0. The third-order valence-corrected chi connectivity index (χ3v) is 5.13. The van der Waals surface area contributed by atoms with Crippen molar-refractivity contribution in [2.24, 2.45) is 0 Å². The number of fused-ring (bicyclic) bond motifs is 1. The van der Waals surface area contributed by atoms with Crippen LogP contribution in [0.3, 0.4) is 0 Å². The maximum absolute atomic E-state index is 12.9. The quantitative estimate of drug-likeness (QED) is 0.722. The van der Waals surface area contributed by atoms with Crippen LogP contribution in [0, 0.1) is 6.92 Å². The molecule has 0 bridgehead atoms. The zero-order valence-electron chi connectivity index (χ0n) is 16.5. The monoisotopic (exact) mass is 391 g/mol. The van der Waals surface area contributed by atoms with Crippen LogP contribution in [-0.2, 0) is 6.42 Å². The van der Waals surface area contributed by atoms with Crippen LogP contribution in [0.1, 0.15) is 39.6 Å². The first-order valence-electron chi connectivity index (χ1n) is 9.20. The topological polar surface area (TPSA) is 113 Å². The van der Waals surface area contributed by atoms with Crippen LogP contribution < -0.4 is 15.2 Å². The largest absolute Gasteiger partial charge is 0.497 e. The Morgan fingerprint density at radius 2 is 1.90 bits per heavy atom. The highest BCUT2D eigenvalue weighted by Crippen LogP contribution is 2.39. The molecule has 8 nitrogen and oxygen atoms in total. The van der Waals surface area contributed by atoms with Crippen LogP contribution >= 0.6 is 0 Å². The highest BCUT2D eigenvalue weighted by Gasteiger charge is 2.31. The summed E-state index contributed by atoms with van der Waals surface area (Å²) < 4.78 is 10.6. The number of hydrogen-bond acceptors (Lipinski definition) is 8. The Bertz CT molecular complexity index is 1100. The number of carbonyl (C=O) groups is 1. The summed E-state index contributed by atoms with van der Waals surface area (Å²) in [5.74, 6) is 1.22. The molecule has 29 heavy (non-hydrogen) atoms. The minimum atomic E-state index is -0.0956. The highest BCUT2D eigenvalue weighted by molar-refractivity contribution is 6.00. The molecule has 8 heteroatoms. The van der Waals surface area contributed by atoms with E-state index in [-0.39, 0.29) is 17.6 Å². The van der Waals surface area contributed by atoms with E-state index in [9.17, 15) is 4.79 Å². The van der Waals surface area contributed by atoms with Crippen LogP contribution in [0.2, 0.25) is 0 Å². The van der Waals surface area contributed by atoms with Gasteiger partial charge in [-0.15, -0.1) is 0 Å². The van der Waals surface area contributed by atoms with Crippen molar-refractivity contribution in [2.45, 2.75) is 25.7 Å². The Hall–Kier alpha value is -3.55. The molecule has 1 aliphatic carbocycles. The average Bonchev–Trinajstić information content (AvgIpc) is 2.72. The molecule has 1 aromatic carbocycles. The van der Waals surface area contributed by atoms with Gasteiger partial charge >= 0.3 is 0 Å². The van der Waals surface area contributed by atoms with Gasteiger partial charge in [-0.05, 0) is 43.0 Å². The predicted molar refractivity (Wildman–Crippen MR) is 107 cm³/mol. The first-order valence-corrected chi connectivity index (χ1v) is 9.20. The predicted octanol–water partition coefficient (Wildman–Crippen LogP) is 2.75. The number of methoxy groups -OCH3 is 2. The Morgan fingerprint density at radius 1 is 1.07 bits per heavy atom. The fourth-order valence-corrected chi connectivity index (χ4v) is 3.83. The van der Waals surface area contributed by atoms with E-state index in [1.54, 1.807) is 33.5 Å². The van der Waals surface area contributed by atoms with E-state index in [0.29, 0.717) is 47.1 Å². The zero-order valence-corrected chi connectivity index (χ0v) is 16.5. The molecule has 1 aliphatic rings. The van der Waals surface area contributed by atoms with Gasteiger partial charge in [-0.2, -0.15) is 0 Å². The molecular weight excluding hydrogens is 370 g/mol. The number of benzene rings is 1. The lowest BCUT2D eigenvalue weighted by Crippen LogP contribution is -2.23. The van der Waals surface area contributed by atoms with Gasteiger partial charge in [0.25, 0.3) is 0 Å². The Morgan fingerprint density at radius 3 is 2.66 bits per heavy atom. The second kappa shape index (κ2) is 7.46. The van der Waals surface area contributed by atoms with E-state index in [2.05, 4.69) is 19.9 Å². The standard InChI is InChI=1S/C21H21N5O3/c1-11-20-16(26-21(22)24-11)6-12(7-18(20)27)15-8-13(28-2)4-5-14(15)17-9-23-10-19(25-17)29-3/h4-5,8-10,12H,6-7H2,1-3H3,(H2,22,24,26). The van der Waals surface area contributed by atoms with Crippen molar-refractivity contribution >= 4 is 11.7 Å². The summed E-state index contributed by atoms with van der Waals surface area (Å²) in [5.41, 5.74) is 10.2. The maximum Gasteiger partial charge on any atom is 0.232 e. The first kappa shape index (κ1) is 18.8. The van der Waals surface area contributed by atoms with Crippen LogP contribution in [0.4, 0.5) is 5.95 Å². The molecule has 1 unspecified atom stereocenters. The van der Waals surface area contributed by atoms with Crippen LogP contribution in [0.25, 0.3) is 11.3 Å². The van der Waals surface area contributed by atoms with Crippen molar-refractivity contribution in [2.75, 3.05) is 20.0 Å². The van der Waals surface area contributed by atoms with E-state index < -0.39 is 0 Å². The zero-order chi connectivity index (χ0) is 20.5. The molecule has 3 aromatic rings. The number of ketones is 1. The molecule has 0 spiro atoms.